The predicted octanol–water partition coefficient (Wildman–Crippen LogP) is 4.70. The SMILES string of the molecule is O=S(O)Nc1cccc(-c2c(-c3ccc(F)cc3)nc(C(F)(F)F)nc2-n2ccnc2)c1. The molecule has 0 aliphatic carbocycles. The molecule has 0 amide bonds. The number of hydrogen-bond acceptors (Lipinski definition) is 4. The molecule has 4 aromatic rings. The number of anilines is 1. The molecule has 0 fully saturated rings. The zero-order chi connectivity index (χ0) is 22.9. The Labute approximate surface area is 181 Å². The van der Waals surface area contributed by atoms with Crippen LogP contribution in [0.3, 0.4) is 0 Å². The summed E-state index contributed by atoms with van der Waals surface area (Å²) >= 11 is -2.36. The first-order valence-corrected chi connectivity index (χ1v) is 10.0. The minimum absolute atomic E-state index is 0.0988. The van der Waals surface area contributed by atoms with E-state index in [1.165, 1.54) is 47.6 Å². The van der Waals surface area contributed by atoms with Crippen LogP contribution >= 0.6 is 0 Å². The number of benzene rings is 2. The van der Waals surface area contributed by atoms with Gasteiger partial charge in [-0.3, -0.25) is 13.8 Å². The Morgan fingerprint density at radius 1 is 1.03 bits per heavy atom. The second-order valence-electron chi connectivity index (χ2n) is 6.50. The highest BCUT2D eigenvalue weighted by atomic mass is 32.2. The molecule has 2 N–H and O–H groups in total. The lowest BCUT2D eigenvalue weighted by Crippen LogP contribution is -2.15. The lowest BCUT2D eigenvalue weighted by Gasteiger charge is -2.18. The van der Waals surface area contributed by atoms with Crippen molar-refractivity contribution >= 4 is 17.0 Å². The van der Waals surface area contributed by atoms with Crippen molar-refractivity contribution in [2.75, 3.05) is 4.72 Å². The van der Waals surface area contributed by atoms with Crippen molar-refractivity contribution in [3.63, 3.8) is 0 Å². The molecule has 1 unspecified atom stereocenters. The lowest BCUT2D eigenvalue weighted by molar-refractivity contribution is -0.144. The highest BCUT2D eigenvalue weighted by Gasteiger charge is 2.37. The van der Waals surface area contributed by atoms with Crippen molar-refractivity contribution < 1.29 is 26.3 Å². The van der Waals surface area contributed by atoms with Gasteiger partial charge in [-0.2, -0.15) is 13.2 Å². The third-order valence-corrected chi connectivity index (χ3v) is 4.78. The number of aromatic nitrogens is 4. The van der Waals surface area contributed by atoms with Gasteiger partial charge in [-0.1, -0.05) is 12.1 Å². The van der Waals surface area contributed by atoms with Gasteiger partial charge in [-0.25, -0.2) is 23.6 Å². The fourth-order valence-corrected chi connectivity index (χ4v) is 3.40. The van der Waals surface area contributed by atoms with Crippen molar-refractivity contribution in [2.24, 2.45) is 0 Å². The van der Waals surface area contributed by atoms with E-state index >= 15 is 0 Å². The molecular formula is C20H13F4N5O2S. The summed E-state index contributed by atoms with van der Waals surface area (Å²) in [5.41, 5.74) is 0.912. The van der Waals surface area contributed by atoms with E-state index in [0.29, 0.717) is 5.56 Å². The molecule has 0 aliphatic rings. The van der Waals surface area contributed by atoms with Gasteiger partial charge in [0.15, 0.2) is 5.82 Å². The monoisotopic (exact) mass is 463 g/mol. The minimum atomic E-state index is -4.85. The second-order valence-corrected chi connectivity index (χ2v) is 7.20. The van der Waals surface area contributed by atoms with Gasteiger partial charge in [0.05, 0.1) is 11.3 Å². The molecular weight excluding hydrogens is 450 g/mol. The summed E-state index contributed by atoms with van der Waals surface area (Å²) in [4.78, 5) is 11.4. The Hall–Kier alpha value is -3.64. The largest absolute Gasteiger partial charge is 0.451 e. The second kappa shape index (κ2) is 8.48. The molecule has 0 bridgehead atoms. The van der Waals surface area contributed by atoms with E-state index in [1.807, 2.05) is 0 Å². The Morgan fingerprint density at radius 2 is 1.78 bits per heavy atom. The zero-order valence-corrected chi connectivity index (χ0v) is 16.7. The molecule has 12 heteroatoms. The normalized spacial score (nSPS) is 12.5. The fraction of sp³-hybridized carbons (Fsp3) is 0.0500. The number of imidazole rings is 1. The van der Waals surface area contributed by atoms with E-state index < -0.39 is 29.1 Å². The zero-order valence-electron chi connectivity index (χ0n) is 15.9. The quantitative estimate of drug-likeness (QED) is 0.331. The van der Waals surface area contributed by atoms with Gasteiger partial charge in [0.2, 0.25) is 5.82 Å². The van der Waals surface area contributed by atoms with Crippen LogP contribution in [0.5, 0.6) is 0 Å². The molecule has 0 radical (unpaired) electrons. The Kier molecular flexibility index (Phi) is 5.72. The van der Waals surface area contributed by atoms with Crippen LogP contribution < -0.4 is 4.72 Å². The average Bonchev–Trinajstić information content (AvgIpc) is 3.27. The summed E-state index contributed by atoms with van der Waals surface area (Å²) in [6.45, 7) is 0. The molecule has 1 atom stereocenters. The topological polar surface area (TPSA) is 92.9 Å². The van der Waals surface area contributed by atoms with Crippen LogP contribution in [0, 0.1) is 5.82 Å². The first-order valence-electron chi connectivity index (χ1n) is 8.94. The van der Waals surface area contributed by atoms with E-state index in [0.717, 1.165) is 12.1 Å². The Morgan fingerprint density at radius 3 is 2.41 bits per heavy atom. The van der Waals surface area contributed by atoms with E-state index in [9.17, 15) is 21.8 Å². The summed E-state index contributed by atoms with van der Waals surface area (Å²) < 4.78 is 78.2. The molecule has 0 spiro atoms. The number of nitrogens with one attached hydrogen (secondary N) is 1. The van der Waals surface area contributed by atoms with Gasteiger partial charge in [-0.05, 0) is 42.0 Å². The van der Waals surface area contributed by atoms with Crippen LogP contribution in [0.4, 0.5) is 23.2 Å². The highest BCUT2D eigenvalue weighted by Crippen LogP contribution is 2.38. The fourth-order valence-electron chi connectivity index (χ4n) is 3.07. The van der Waals surface area contributed by atoms with Crippen molar-refractivity contribution in [1.82, 2.24) is 19.5 Å². The number of hydrogen-bond donors (Lipinski definition) is 2. The van der Waals surface area contributed by atoms with E-state index in [4.69, 9.17) is 4.55 Å². The van der Waals surface area contributed by atoms with E-state index in [-0.39, 0.29) is 28.3 Å². The number of halogens is 4. The third-order valence-electron chi connectivity index (χ3n) is 4.37. The summed E-state index contributed by atoms with van der Waals surface area (Å²) in [6.07, 6.45) is -0.764. The molecule has 2 heterocycles. The maximum Gasteiger partial charge on any atom is 0.451 e. The standard InChI is InChI=1S/C20H13F4N5O2S/c21-14-6-4-12(5-7-14)17-16(13-2-1-3-15(10-13)28-32(30)31)18(29-9-8-25-11-29)27-19(26-17)20(22,23)24/h1-11,28H,(H,30,31). The van der Waals surface area contributed by atoms with E-state index in [1.54, 1.807) is 12.1 Å². The summed E-state index contributed by atoms with van der Waals surface area (Å²) in [6, 6.07) is 11.0. The molecule has 2 aromatic carbocycles. The molecule has 2 aromatic heterocycles. The number of alkyl halides is 3. The van der Waals surface area contributed by atoms with Crippen LogP contribution in [-0.4, -0.2) is 28.3 Å². The van der Waals surface area contributed by atoms with Crippen molar-refractivity contribution in [2.45, 2.75) is 6.18 Å². The summed E-state index contributed by atoms with van der Waals surface area (Å²) in [5.74, 6) is -2.06. The van der Waals surface area contributed by atoms with Crippen LogP contribution in [-0.2, 0) is 17.4 Å². The molecule has 4 rings (SSSR count). The molecule has 0 saturated heterocycles. The first-order chi connectivity index (χ1) is 15.2. The lowest BCUT2D eigenvalue weighted by atomic mass is 9.98. The molecule has 0 aliphatic heterocycles. The predicted molar refractivity (Wildman–Crippen MR) is 109 cm³/mol. The van der Waals surface area contributed by atoms with Gasteiger partial charge < -0.3 is 0 Å². The number of nitrogens with zero attached hydrogens (tertiary/aromatic N) is 4. The maximum absolute atomic E-state index is 13.6. The van der Waals surface area contributed by atoms with E-state index in [2.05, 4.69) is 19.7 Å². The smallest absolute Gasteiger partial charge is 0.290 e. The molecule has 7 nitrogen and oxygen atoms in total. The Balaban J connectivity index is 2.06. The summed E-state index contributed by atoms with van der Waals surface area (Å²) in [7, 11) is 0. The molecule has 0 saturated carbocycles. The maximum atomic E-state index is 13.6. The van der Waals surface area contributed by atoms with Crippen molar-refractivity contribution in [3.05, 3.63) is 78.9 Å². The highest BCUT2D eigenvalue weighted by molar-refractivity contribution is 7.80. The Bertz CT molecular complexity index is 1280. The van der Waals surface area contributed by atoms with Crippen molar-refractivity contribution in [1.29, 1.82) is 0 Å². The van der Waals surface area contributed by atoms with Gasteiger partial charge in [0, 0.05) is 23.6 Å². The first kappa shape index (κ1) is 21.6. The van der Waals surface area contributed by atoms with Crippen LogP contribution in [0.1, 0.15) is 5.82 Å². The van der Waals surface area contributed by atoms with Gasteiger partial charge in [-0.15, -0.1) is 0 Å². The minimum Gasteiger partial charge on any atom is -0.290 e. The van der Waals surface area contributed by atoms with Gasteiger partial charge >= 0.3 is 6.18 Å². The number of rotatable bonds is 5. The van der Waals surface area contributed by atoms with Gasteiger partial charge in [0.25, 0.3) is 11.3 Å². The summed E-state index contributed by atoms with van der Waals surface area (Å²) in [5, 5.41) is 0. The van der Waals surface area contributed by atoms with Gasteiger partial charge in [0.1, 0.15) is 12.1 Å². The van der Waals surface area contributed by atoms with Crippen LogP contribution in [0.25, 0.3) is 28.2 Å². The van der Waals surface area contributed by atoms with Crippen LogP contribution in [0.2, 0.25) is 0 Å². The van der Waals surface area contributed by atoms with Crippen molar-refractivity contribution in [3.8, 4) is 28.2 Å². The molecule has 164 valence electrons. The average molecular weight is 463 g/mol. The molecule has 32 heavy (non-hydrogen) atoms. The third kappa shape index (κ3) is 4.50. The van der Waals surface area contributed by atoms with Crippen LogP contribution in [0.15, 0.2) is 67.3 Å².